The van der Waals surface area contributed by atoms with Gasteiger partial charge in [0.05, 0.1) is 12.3 Å². The number of fused-ring (bicyclic) bond motifs is 1. The number of aromatic nitrogens is 1. The summed E-state index contributed by atoms with van der Waals surface area (Å²) < 4.78 is 18.2. The fourth-order valence-corrected chi connectivity index (χ4v) is 2.67. The number of ether oxygens (including phenoxy) is 1. The van der Waals surface area contributed by atoms with E-state index in [-0.39, 0.29) is 5.82 Å². The Bertz CT molecular complexity index is 699. The van der Waals surface area contributed by atoms with Crippen LogP contribution in [0.2, 0.25) is 0 Å². The number of rotatable bonds is 3. The normalized spacial score (nSPS) is 13.5. The maximum atomic E-state index is 13.2. The molecule has 2 heterocycles. The van der Waals surface area contributed by atoms with Crippen LogP contribution in [0.1, 0.15) is 28.7 Å². The predicted octanol–water partition coefficient (Wildman–Crippen LogP) is 2.71. The van der Waals surface area contributed by atoms with E-state index in [0.717, 1.165) is 35.3 Å². The molecular weight excluding hydrogens is 283 g/mol. The Morgan fingerprint density at radius 1 is 1.36 bits per heavy atom. The fourth-order valence-electron chi connectivity index (χ4n) is 2.67. The van der Waals surface area contributed by atoms with E-state index in [4.69, 9.17) is 4.74 Å². The number of carbonyl (C=O) groups is 1. The molecule has 1 N–H and O–H groups in total. The van der Waals surface area contributed by atoms with Crippen LogP contribution in [0, 0.1) is 5.82 Å². The summed E-state index contributed by atoms with van der Waals surface area (Å²) in [7, 11) is 0. The highest BCUT2D eigenvalue weighted by molar-refractivity contribution is 5.89. The molecule has 1 aromatic carbocycles. The molecule has 22 heavy (non-hydrogen) atoms. The van der Waals surface area contributed by atoms with Gasteiger partial charge in [-0.3, -0.25) is 0 Å². The van der Waals surface area contributed by atoms with Gasteiger partial charge >= 0.3 is 5.97 Å². The van der Waals surface area contributed by atoms with Gasteiger partial charge in [-0.15, -0.1) is 0 Å². The standard InChI is InChI=1S/C17H17FN2O2/c1-2-22-17(21)15-9-14(11-3-5-12(18)6-4-11)13-7-8-19-10-16(13)20-15/h3-6,9,19H,2,7-8,10H2,1H3. The van der Waals surface area contributed by atoms with Crippen molar-refractivity contribution in [3.63, 3.8) is 0 Å². The highest BCUT2D eigenvalue weighted by atomic mass is 19.1. The van der Waals surface area contributed by atoms with Crippen LogP contribution in [0.4, 0.5) is 4.39 Å². The monoisotopic (exact) mass is 300 g/mol. The lowest BCUT2D eigenvalue weighted by Gasteiger charge is -2.20. The molecule has 0 saturated heterocycles. The third kappa shape index (κ3) is 2.85. The Labute approximate surface area is 128 Å². The predicted molar refractivity (Wildman–Crippen MR) is 81.0 cm³/mol. The summed E-state index contributed by atoms with van der Waals surface area (Å²) in [5, 5.41) is 3.25. The van der Waals surface area contributed by atoms with Gasteiger partial charge in [-0.1, -0.05) is 12.1 Å². The molecule has 0 spiro atoms. The Morgan fingerprint density at radius 2 is 2.14 bits per heavy atom. The van der Waals surface area contributed by atoms with Crippen LogP contribution in [0.5, 0.6) is 0 Å². The van der Waals surface area contributed by atoms with Gasteiger partial charge in [0, 0.05) is 6.54 Å². The first-order valence-electron chi connectivity index (χ1n) is 7.35. The zero-order valence-corrected chi connectivity index (χ0v) is 12.4. The number of nitrogens with zero attached hydrogens (tertiary/aromatic N) is 1. The van der Waals surface area contributed by atoms with Gasteiger partial charge in [-0.2, -0.15) is 0 Å². The minimum atomic E-state index is -0.431. The minimum Gasteiger partial charge on any atom is -0.461 e. The molecule has 0 amide bonds. The van der Waals surface area contributed by atoms with E-state index in [1.54, 1.807) is 25.1 Å². The molecule has 0 aliphatic carbocycles. The second kappa shape index (κ2) is 6.23. The molecule has 4 nitrogen and oxygen atoms in total. The number of hydrogen-bond acceptors (Lipinski definition) is 4. The molecule has 0 atom stereocenters. The lowest BCUT2D eigenvalue weighted by Crippen LogP contribution is -2.26. The zero-order chi connectivity index (χ0) is 15.5. The van der Waals surface area contributed by atoms with Crippen molar-refractivity contribution >= 4 is 5.97 Å². The number of carbonyl (C=O) groups excluding carboxylic acids is 1. The lowest BCUT2D eigenvalue weighted by atomic mass is 9.94. The molecular formula is C17H17FN2O2. The summed E-state index contributed by atoms with van der Waals surface area (Å²) in [6.45, 7) is 3.55. The molecule has 0 unspecified atom stereocenters. The summed E-state index contributed by atoms with van der Waals surface area (Å²) in [6, 6.07) is 8.04. The van der Waals surface area contributed by atoms with Crippen LogP contribution >= 0.6 is 0 Å². The van der Waals surface area contributed by atoms with Crippen molar-refractivity contribution in [2.45, 2.75) is 19.9 Å². The summed E-state index contributed by atoms with van der Waals surface area (Å²) >= 11 is 0. The number of benzene rings is 1. The highest BCUT2D eigenvalue weighted by Gasteiger charge is 2.20. The first kappa shape index (κ1) is 14.7. The van der Waals surface area contributed by atoms with Gasteiger partial charge in [0.15, 0.2) is 0 Å². The quantitative estimate of drug-likeness (QED) is 0.886. The topological polar surface area (TPSA) is 51.2 Å². The van der Waals surface area contributed by atoms with Crippen molar-refractivity contribution in [1.82, 2.24) is 10.3 Å². The largest absolute Gasteiger partial charge is 0.461 e. The maximum Gasteiger partial charge on any atom is 0.356 e. The molecule has 114 valence electrons. The fraction of sp³-hybridized carbons (Fsp3) is 0.294. The molecule has 3 rings (SSSR count). The van der Waals surface area contributed by atoms with E-state index < -0.39 is 5.97 Å². The molecule has 0 bridgehead atoms. The van der Waals surface area contributed by atoms with Crippen LogP contribution in [-0.4, -0.2) is 24.1 Å². The maximum absolute atomic E-state index is 13.2. The third-order valence-corrected chi connectivity index (χ3v) is 3.69. The van der Waals surface area contributed by atoms with E-state index in [9.17, 15) is 9.18 Å². The van der Waals surface area contributed by atoms with Crippen molar-refractivity contribution in [2.75, 3.05) is 13.2 Å². The number of nitrogens with one attached hydrogen (secondary N) is 1. The Morgan fingerprint density at radius 3 is 2.86 bits per heavy atom. The van der Waals surface area contributed by atoms with Crippen molar-refractivity contribution in [1.29, 1.82) is 0 Å². The second-order valence-corrected chi connectivity index (χ2v) is 5.13. The number of hydrogen-bond donors (Lipinski definition) is 1. The second-order valence-electron chi connectivity index (χ2n) is 5.13. The smallest absolute Gasteiger partial charge is 0.356 e. The molecule has 0 radical (unpaired) electrons. The molecule has 2 aromatic rings. The van der Waals surface area contributed by atoms with Crippen LogP contribution in [-0.2, 0) is 17.7 Å². The van der Waals surface area contributed by atoms with E-state index in [0.29, 0.717) is 18.8 Å². The van der Waals surface area contributed by atoms with Gasteiger partial charge in [-0.25, -0.2) is 14.2 Å². The highest BCUT2D eigenvalue weighted by Crippen LogP contribution is 2.29. The van der Waals surface area contributed by atoms with Crippen molar-refractivity contribution in [3.05, 3.63) is 53.1 Å². The van der Waals surface area contributed by atoms with Crippen molar-refractivity contribution in [2.24, 2.45) is 0 Å². The van der Waals surface area contributed by atoms with Gasteiger partial charge in [0.1, 0.15) is 11.5 Å². The number of esters is 1. The summed E-state index contributed by atoms with van der Waals surface area (Å²) in [5.41, 5.74) is 4.07. The summed E-state index contributed by atoms with van der Waals surface area (Å²) in [6.07, 6.45) is 0.831. The minimum absolute atomic E-state index is 0.279. The van der Waals surface area contributed by atoms with Crippen molar-refractivity contribution in [3.8, 4) is 11.1 Å². The molecule has 1 aromatic heterocycles. The SMILES string of the molecule is CCOC(=O)c1cc(-c2ccc(F)cc2)c2c(n1)CNCC2. The first-order valence-corrected chi connectivity index (χ1v) is 7.35. The van der Waals surface area contributed by atoms with Crippen LogP contribution < -0.4 is 5.32 Å². The molecule has 0 fully saturated rings. The first-order chi connectivity index (χ1) is 10.7. The Balaban J connectivity index is 2.12. The van der Waals surface area contributed by atoms with Gasteiger partial charge < -0.3 is 10.1 Å². The number of pyridine rings is 1. The Hall–Kier alpha value is -2.27. The molecule has 1 aliphatic rings. The van der Waals surface area contributed by atoms with Crippen LogP contribution in [0.15, 0.2) is 30.3 Å². The average molecular weight is 300 g/mol. The lowest BCUT2D eigenvalue weighted by molar-refractivity contribution is 0.0519. The summed E-state index contributed by atoms with van der Waals surface area (Å²) in [4.78, 5) is 16.4. The zero-order valence-electron chi connectivity index (χ0n) is 12.4. The Kier molecular flexibility index (Phi) is 4.15. The molecule has 5 heteroatoms. The van der Waals surface area contributed by atoms with E-state index in [1.165, 1.54) is 12.1 Å². The van der Waals surface area contributed by atoms with Crippen LogP contribution in [0.3, 0.4) is 0 Å². The van der Waals surface area contributed by atoms with E-state index in [1.807, 2.05) is 0 Å². The van der Waals surface area contributed by atoms with Crippen molar-refractivity contribution < 1.29 is 13.9 Å². The van der Waals surface area contributed by atoms with Gasteiger partial charge in [0.2, 0.25) is 0 Å². The van der Waals surface area contributed by atoms with E-state index >= 15 is 0 Å². The van der Waals surface area contributed by atoms with Gasteiger partial charge in [-0.05, 0) is 54.8 Å². The molecule has 1 aliphatic heterocycles. The molecule has 0 saturated carbocycles. The average Bonchev–Trinajstić information content (AvgIpc) is 2.55. The van der Waals surface area contributed by atoms with Gasteiger partial charge in [0.25, 0.3) is 0 Å². The number of halogens is 1. The third-order valence-electron chi connectivity index (χ3n) is 3.69. The van der Waals surface area contributed by atoms with E-state index in [2.05, 4.69) is 10.3 Å². The summed E-state index contributed by atoms with van der Waals surface area (Å²) in [5.74, 6) is -0.710. The van der Waals surface area contributed by atoms with Crippen LogP contribution in [0.25, 0.3) is 11.1 Å².